The quantitative estimate of drug-likeness (QED) is 0.347. The lowest BCUT2D eigenvalue weighted by atomic mass is 9.96. The number of hydrogen-bond donors (Lipinski definition) is 1. The number of carbonyl (C=O) groups excluding carboxylic acids is 1. The number of nitrogens with zero attached hydrogens (tertiary/aromatic N) is 2. The predicted molar refractivity (Wildman–Crippen MR) is 146 cm³/mol. The van der Waals surface area contributed by atoms with E-state index in [1.54, 1.807) is 4.90 Å². The van der Waals surface area contributed by atoms with Crippen LogP contribution in [0.25, 0.3) is 0 Å². The third kappa shape index (κ3) is 7.73. The summed E-state index contributed by atoms with van der Waals surface area (Å²) in [6.45, 7) is 16.0. The van der Waals surface area contributed by atoms with Crippen LogP contribution >= 0.6 is 0 Å². The number of amides is 1. The Balaban J connectivity index is 1.51. The monoisotopic (exact) mass is 533 g/mol. The van der Waals surface area contributed by atoms with Gasteiger partial charge in [-0.1, -0.05) is 26.3 Å². The summed E-state index contributed by atoms with van der Waals surface area (Å²) < 4.78 is 44.6. The molecule has 38 heavy (non-hydrogen) atoms. The van der Waals surface area contributed by atoms with Crippen LogP contribution in [0, 0.1) is 19.8 Å². The van der Waals surface area contributed by atoms with Crippen molar-refractivity contribution in [2.75, 3.05) is 45.9 Å². The van der Waals surface area contributed by atoms with Crippen molar-refractivity contribution in [1.82, 2.24) is 15.1 Å². The molecule has 0 saturated carbocycles. The number of halogens is 3. The molecule has 2 atom stereocenters. The Morgan fingerprint density at radius 3 is 2.26 bits per heavy atom. The largest absolute Gasteiger partial charge is 0.493 e. The van der Waals surface area contributed by atoms with Gasteiger partial charge in [-0.05, 0) is 93.2 Å². The first-order chi connectivity index (χ1) is 18.0. The molecule has 5 nitrogen and oxygen atoms in total. The van der Waals surface area contributed by atoms with E-state index in [0.717, 1.165) is 43.0 Å². The van der Waals surface area contributed by atoms with Crippen LogP contribution in [0.15, 0.2) is 36.4 Å². The zero-order chi connectivity index (χ0) is 27.9. The topological polar surface area (TPSA) is 44.8 Å². The van der Waals surface area contributed by atoms with Crippen molar-refractivity contribution in [3.8, 4) is 5.75 Å². The first-order valence-electron chi connectivity index (χ1n) is 13.7. The number of alkyl halides is 3. The number of rotatable bonds is 11. The average molecular weight is 534 g/mol. The minimum absolute atomic E-state index is 0.177. The third-order valence-corrected chi connectivity index (χ3v) is 7.78. The zero-order valence-corrected chi connectivity index (χ0v) is 23.3. The molecule has 3 rings (SSSR count). The molecule has 0 bridgehead atoms. The number of ether oxygens (including phenoxy) is 1. The van der Waals surface area contributed by atoms with E-state index in [0.29, 0.717) is 38.7 Å². The SMILES string of the molecule is CCC(C)CNCCCOc1ccc(C(C)N2CCN(C(=O)c3ccc(C(F)(F)F)cc3)CC2)c(C)c1C. The summed E-state index contributed by atoms with van der Waals surface area (Å²) in [5, 5.41) is 3.48. The number of hydrogen-bond acceptors (Lipinski definition) is 4. The second-order valence-corrected chi connectivity index (χ2v) is 10.4. The number of nitrogens with one attached hydrogen (secondary N) is 1. The van der Waals surface area contributed by atoms with Gasteiger partial charge in [-0.3, -0.25) is 9.69 Å². The molecular weight excluding hydrogens is 491 g/mol. The summed E-state index contributed by atoms with van der Waals surface area (Å²) in [5.74, 6) is 1.39. The summed E-state index contributed by atoms with van der Waals surface area (Å²) in [6.07, 6.45) is -2.26. The fourth-order valence-electron chi connectivity index (χ4n) is 4.79. The fourth-order valence-corrected chi connectivity index (χ4v) is 4.79. The van der Waals surface area contributed by atoms with Crippen molar-refractivity contribution < 1.29 is 22.7 Å². The molecule has 8 heteroatoms. The van der Waals surface area contributed by atoms with Gasteiger partial charge in [-0.15, -0.1) is 0 Å². The summed E-state index contributed by atoms with van der Waals surface area (Å²) in [7, 11) is 0. The minimum Gasteiger partial charge on any atom is -0.493 e. The standard InChI is InChI=1S/C30H42F3N3O2/c1-6-21(2)20-34-14-7-19-38-28-13-12-27(22(3)23(28)4)24(5)35-15-17-36(18-16-35)29(37)25-8-10-26(11-9-25)30(31,32)33/h8-13,21,24,34H,6-7,14-20H2,1-5H3. The van der Waals surface area contributed by atoms with E-state index in [2.05, 4.69) is 57.0 Å². The van der Waals surface area contributed by atoms with Gasteiger partial charge in [0.1, 0.15) is 5.75 Å². The lowest BCUT2D eigenvalue weighted by Crippen LogP contribution is -2.49. The molecule has 1 aliphatic rings. The van der Waals surface area contributed by atoms with E-state index in [-0.39, 0.29) is 17.5 Å². The van der Waals surface area contributed by atoms with Gasteiger partial charge in [0, 0.05) is 37.8 Å². The molecule has 0 aromatic heterocycles. The Morgan fingerprint density at radius 2 is 1.66 bits per heavy atom. The second kappa shape index (κ2) is 13.5. The van der Waals surface area contributed by atoms with E-state index in [1.807, 2.05) is 0 Å². The van der Waals surface area contributed by atoms with Crippen LogP contribution in [0.1, 0.15) is 72.3 Å². The number of piperazine rings is 1. The first kappa shape index (κ1) is 30.0. The van der Waals surface area contributed by atoms with Crippen molar-refractivity contribution >= 4 is 5.91 Å². The van der Waals surface area contributed by atoms with Gasteiger partial charge in [0.15, 0.2) is 0 Å². The van der Waals surface area contributed by atoms with Gasteiger partial charge in [0.2, 0.25) is 0 Å². The summed E-state index contributed by atoms with van der Waals surface area (Å²) in [4.78, 5) is 16.9. The first-order valence-corrected chi connectivity index (χ1v) is 13.7. The second-order valence-electron chi connectivity index (χ2n) is 10.4. The average Bonchev–Trinajstić information content (AvgIpc) is 2.91. The van der Waals surface area contributed by atoms with Crippen LogP contribution in [0.3, 0.4) is 0 Å². The van der Waals surface area contributed by atoms with Crippen LogP contribution in [-0.2, 0) is 6.18 Å². The van der Waals surface area contributed by atoms with Crippen molar-refractivity contribution in [3.63, 3.8) is 0 Å². The molecule has 0 aliphatic carbocycles. The van der Waals surface area contributed by atoms with Gasteiger partial charge >= 0.3 is 6.18 Å². The van der Waals surface area contributed by atoms with E-state index >= 15 is 0 Å². The maximum absolute atomic E-state index is 12.8. The lowest BCUT2D eigenvalue weighted by Gasteiger charge is -2.39. The molecule has 1 fully saturated rings. The Bertz CT molecular complexity index is 1050. The molecule has 1 heterocycles. The number of carbonyl (C=O) groups is 1. The Morgan fingerprint density at radius 1 is 1.00 bits per heavy atom. The normalized spacial score (nSPS) is 16.4. The highest BCUT2D eigenvalue weighted by molar-refractivity contribution is 5.94. The zero-order valence-electron chi connectivity index (χ0n) is 23.3. The molecule has 2 unspecified atom stereocenters. The van der Waals surface area contributed by atoms with Gasteiger partial charge < -0.3 is 15.0 Å². The van der Waals surface area contributed by atoms with Crippen molar-refractivity contribution in [2.24, 2.45) is 5.92 Å². The van der Waals surface area contributed by atoms with E-state index in [9.17, 15) is 18.0 Å². The Kier molecular flexibility index (Phi) is 10.6. The maximum atomic E-state index is 12.8. The molecule has 1 saturated heterocycles. The summed E-state index contributed by atoms with van der Waals surface area (Å²) in [5.41, 5.74) is 3.15. The summed E-state index contributed by atoms with van der Waals surface area (Å²) in [6, 6.07) is 8.84. The Labute approximate surface area is 225 Å². The highest BCUT2D eigenvalue weighted by atomic mass is 19.4. The van der Waals surface area contributed by atoms with E-state index in [4.69, 9.17) is 4.74 Å². The number of benzene rings is 2. The van der Waals surface area contributed by atoms with Gasteiger partial charge in [-0.2, -0.15) is 13.2 Å². The van der Waals surface area contributed by atoms with Crippen LogP contribution in [0.2, 0.25) is 0 Å². The minimum atomic E-state index is -4.41. The fraction of sp³-hybridized carbons (Fsp3) is 0.567. The molecular formula is C30H42F3N3O2. The van der Waals surface area contributed by atoms with Gasteiger partial charge in [-0.25, -0.2) is 0 Å². The molecule has 2 aromatic carbocycles. The van der Waals surface area contributed by atoms with Crippen LogP contribution < -0.4 is 10.1 Å². The molecule has 0 radical (unpaired) electrons. The van der Waals surface area contributed by atoms with Crippen molar-refractivity contribution in [3.05, 3.63) is 64.2 Å². The third-order valence-electron chi connectivity index (χ3n) is 7.78. The molecule has 1 N–H and O–H groups in total. The van der Waals surface area contributed by atoms with Crippen LogP contribution in [0.5, 0.6) is 5.75 Å². The van der Waals surface area contributed by atoms with Gasteiger partial charge in [0.05, 0.1) is 12.2 Å². The van der Waals surface area contributed by atoms with E-state index < -0.39 is 11.7 Å². The van der Waals surface area contributed by atoms with Gasteiger partial charge in [0.25, 0.3) is 5.91 Å². The highest BCUT2D eigenvalue weighted by Crippen LogP contribution is 2.32. The molecule has 1 aliphatic heterocycles. The lowest BCUT2D eigenvalue weighted by molar-refractivity contribution is -0.137. The molecule has 210 valence electrons. The molecule has 1 amide bonds. The highest BCUT2D eigenvalue weighted by Gasteiger charge is 2.31. The Hall–Kier alpha value is -2.58. The van der Waals surface area contributed by atoms with Crippen molar-refractivity contribution in [1.29, 1.82) is 0 Å². The van der Waals surface area contributed by atoms with Crippen LogP contribution in [-0.4, -0.2) is 61.6 Å². The maximum Gasteiger partial charge on any atom is 0.416 e. The van der Waals surface area contributed by atoms with Crippen molar-refractivity contribution in [2.45, 2.75) is 59.7 Å². The smallest absolute Gasteiger partial charge is 0.416 e. The molecule has 0 spiro atoms. The van der Waals surface area contributed by atoms with E-state index in [1.165, 1.54) is 29.7 Å². The van der Waals surface area contributed by atoms with Crippen LogP contribution in [0.4, 0.5) is 13.2 Å². The summed E-state index contributed by atoms with van der Waals surface area (Å²) >= 11 is 0. The predicted octanol–water partition coefficient (Wildman–Crippen LogP) is 6.25. The molecule has 2 aromatic rings.